The number of nitrogens with zero attached hydrogens (tertiary/aromatic N) is 2. The van der Waals surface area contributed by atoms with E-state index in [9.17, 15) is 0 Å². The van der Waals surface area contributed by atoms with E-state index in [1.165, 1.54) is 17.7 Å². The van der Waals surface area contributed by atoms with Crippen LogP contribution in [0.15, 0.2) is 18.2 Å². The maximum atomic E-state index is 5.68. The second kappa shape index (κ2) is 5.14. The first-order valence-corrected chi connectivity index (χ1v) is 7.29. The molecule has 0 radical (unpaired) electrons. The molecule has 0 aliphatic carbocycles. The van der Waals surface area contributed by atoms with Crippen molar-refractivity contribution in [2.45, 2.75) is 38.5 Å². The molecular weight excluding hydrogens is 236 g/mol. The third-order valence-electron chi connectivity index (χ3n) is 4.58. The maximum absolute atomic E-state index is 5.68. The standard InChI is InChI=1S/C16H24N2O/c1-12-9-14(11-19-12)18(3)10-13-5-4-6-16-15(13)7-8-17(16)2/h4-6,12,14H,7-11H2,1-3H3/t12-,14+/m0/s1. The van der Waals surface area contributed by atoms with Crippen LogP contribution in [0.5, 0.6) is 0 Å². The van der Waals surface area contributed by atoms with Crippen molar-refractivity contribution >= 4 is 5.69 Å². The number of anilines is 1. The zero-order valence-corrected chi connectivity index (χ0v) is 12.2. The maximum Gasteiger partial charge on any atom is 0.0626 e. The Balaban J connectivity index is 1.74. The number of hydrogen-bond acceptors (Lipinski definition) is 3. The van der Waals surface area contributed by atoms with Crippen molar-refractivity contribution in [3.05, 3.63) is 29.3 Å². The summed E-state index contributed by atoms with van der Waals surface area (Å²) < 4.78 is 5.68. The van der Waals surface area contributed by atoms with Crippen molar-refractivity contribution in [2.24, 2.45) is 0 Å². The molecule has 0 saturated carbocycles. The smallest absolute Gasteiger partial charge is 0.0626 e. The van der Waals surface area contributed by atoms with Crippen LogP contribution in [0.2, 0.25) is 0 Å². The van der Waals surface area contributed by atoms with E-state index in [0.29, 0.717) is 12.1 Å². The monoisotopic (exact) mass is 260 g/mol. The summed E-state index contributed by atoms with van der Waals surface area (Å²) in [5.41, 5.74) is 4.45. The average molecular weight is 260 g/mol. The first-order valence-electron chi connectivity index (χ1n) is 7.29. The van der Waals surface area contributed by atoms with Gasteiger partial charge in [-0.2, -0.15) is 0 Å². The summed E-state index contributed by atoms with van der Waals surface area (Å²) in [6, 6.07) is 7.29. The topological polar surface area (TPSA) is 15.7 Å². The summed E-state index contributed by atoms with van der Waals surface area (Å²) in [6.45, 7) is 5.24. The van der Waals surface area contributed by atoms with Crippen molar-refractivity contribution in [3.8, 4) is 0 Å². The van der Waals surface area contributed by atoms with Crippen molar-refractivity contribution in [1.82, 2.24) is 4.90 Å². The third kappa shape index (κ3) is 2.49. The Morgan fingerprint density at radius 3 is 3.00 bits per heavy atom. The van der Waals surface area contributed by atoms with Gasteiger partial charge in [0.05, 0.1) is 12.7 Å². The molecule has 0 amide bonds. The van der Waals surface area contributed by atoms with Gasteiger partial charge in [0.15, 0.2) is 0 Å². The van der Waals surface area contributed by atoms with Crippen LogP contribution in [0.4, 0.5) is 5.69 Å². The summed E-state index contributed by atoms with van der Waals surface area (Å²) in [5.74, 6) is 0. The van der Waals surface area contributed by atoms with Gasteiger partial charge in [0.25, 0.3) is 0 Å². The van der Waals surface area contributed by atoms with Crippen LogP contribution in [-0.4, -0.2) is 44.3 Å². The largest absolute Gasteiger partial charge is 0.377 e. The van der Waals surface area contributed by atoms with Gasteiger partial charge >= 0.3 is 0 Å². The van der Waals surface area contributed by atoms with Crippen LogP contribution in [0, 0.1) is 0 Å². The van der Waals surface area contributed by atoms with Gasteiger partial charge in [-0.15, -0.1) is 0 Å². The first-order chi connectivity index (χ1) is 9.15. The first kappa shape index (κ1) is 12.9. The predicted molar refractivity (Wildman–Crippen MR) is 78.7 cm³/mol. The predicted octanol–water partition coefficient (Wildman–Crippen LogP) is 2.29. The molecule has 2 atom stereocenters. The Bertz CT molecular complexity index is 460. The van der Waals surface area contributed by atoms with Crippen LogP contribution in [-0.2, 0) is 17.7 Å². The van der Waals surface area contributed by atoms with E-state index in [4.69, 9.17) is 4.74 Å². The van der Waals surface area contributed by atoms with Gasteiger partial charge < -0.3 is 9.64 Å². The SMILES string of the molecule is C[C@H]1C[C@@H](N(C)Cc2cccc3c2CCN3C)CO1. The molecule has 1 saturated heterocycles. The zero-order valence-electron chi connectivity index (χ0n) is 12.2. The Morgan fingerprint density at radius 2 is 2.26 bits per heavy atom. The molecule has 0 spiro atoms. The number of ether oxygens (including phenoxy) is 1. The molecule has 0 N–H and O–H groups in total. The van der Waals surface area contributed by atoms with Gasteiger partial charge in [-0.3, -0.25) is 4.90 Å². The van der Waals surface area contributed by atoms with Gasteiger partial charge in [0.1, 0.15) is 0 Å². The minimum Gasteiger partial charge on any atom is -0.377 e. The molecule has 1 aromatic rings. The van der Waals surface area contributed by atoms with E-state index in [1.54, 1.807) is 5.56 Å². The Kier molecular flexibility index (Phi) is 3.50. The summed E-state index contributed by atoms with van der Waals surface area (Å²) in [4.78, 5) is 4.82. The van der Waals surface area contributed by atoms with Crippen molar-refractivity contribution < 1.29 is 4.74 Å². The van der Waals surface area contributed by atoms with Crippen LogP contribution in [0.25, 0.3) is 0 Å². The number of hydrogen-bond donors (Lipinski definition) is 0. The second-order valence-electron chi connectivity index (χ2n) is 6.03. The fourth-order valence-electron chi connectivity index (χ4n) is 3.31. The average Bonchev–Trinajstić information content (AvgIpc) is 2.98. The molecule has 3 rings (SSSR count). The van der Waals surface area contributed by atoms with Crippen molar-refractivity contribution in [1.29, 1.82) is 0 Å². The molecule has 1 fully saturated rings. The number of benzene rings is 1. The highest BCUT2D eigenvalue weighted by molar-refractivity contribution is 5.60. The lowest BCUT2D eigenvalue weighted by Gasteiger charge is -2.24. The van der Waals surface area contributed by atoms with Crippen molar-refractivity contribution in [2.75, 3.05) is 32.1 Å². The zero-order chi connectivity index (χ0) is 13.4. The summed E-state index contributed by atoms with van der Waals surface area (Å²) in [5, 5.41) is 0. The number of rotatable bonds is 3. The minimum atomic E-state index is 0.417. The molecule has 3 nitrogen and oxygen atoms in total. The molecule has 0 bridgehead atoms. The number of likely N-dealkylation sites (N-methyl/N-ethyl adjacent to an activating group) is 2. The highest BCUT2D eigenvalue weighted by atomic mass is 16.5. The molecule has 104 valence electrons. The summed E-state index contributed by atoms with van der Waals surface area (Å²) in [6.07, 6.45) is 2.76. The van der Waals surface area contributed by atoms with E-state index in [0.717, 1.165) is 26.1 Å². The fraction of sp³-hybridized carbons (Fsp3) is 0.625. The molecule has 1 aromatic carbocycles. The highest BCUT2D eigenvalue weighted by Gasteiger charge is 2.26. The minimum absolute atomic E-state index is 0.417. The lowest BCUT2D eigenvalue weighted by atomic mass is 10.0. The van der Waals surface area contributed by atoms with Crippen LogP contribution < -0.4 is 4.90 Å². The lowest BCUT2D eigenvalue weighted by molar-refractivity contribution is 0.111. The van der Waals surface area contributed by atoms with Gasteiger partial charge in [0.2, 0.25) is 0 Å². The Labute approximate surface area is 116 Å². The van der Waals surface area contributed by atoms with Gasteiger partial charge in [-0.05, 0) is 44.0 Å². The summed E-state index contributed by atoms with van der Waals surface area (Å²) >= 11 is 0. The van der Waals surface area contributed by atoms with E-state index >= 15 is 0 Å². The molecule has 2 aliphatic heterocycles. The molecule has 2 heterocycles. The van der Waals surface area contributed by atoms with Crippen LogP contribution >= 0.6 is 0 Å². The summed E-state index contributed by atoms with van der Waals surface area (Å²) in [7, 11) is 4.41. The van der Waals surface area contributed by atoms with E-state index < -0.39 is 0 Å². The van der Waals surface area contributed by atoms with E-state index in [2.05, 4.69) is 49.0 Å². The molecule has 19 heavy (non-hydrogen) atoms. The number of fused-ring (bicyclic) bond motifs is 1. The van der Waals surface area contributed by atoms with E-state index in [1.807, 2.05) is 0 Å². The van der Waals surface area contributed by atoms with Gasteiger partial charge in [-0.1, -0.05) is 12.1 Å². The lowest BCUT2D eigenvalue weighted by Crippen LogP contribution is -2.31. The van der Waals surface area contributed by atoms with Crippen LogP contribution in [0.3, 0.4) is 0 Å². The van der Waals surface area contributed by atoms with Crippen molar-refractivity contribution in [3.63, 3.8) is 0 Å². The second-order valence-corrected chi connectivity index (χ2v) is 6.03. The van der Waals surface area contributed by atoms with Gasteiger partial charge in [-0.25, -0.2) is 0 Å². The molecule has 3 heteroatoms. The Morgan fingerprint density at radius 1 is 1.42 bits per heavy atom. The van der Waals surface area contributed by atoms with E-state index in [-0.39, 0.29) is 0 Å². The highest BCUT2D eigenvalue weighted by Crippen LogP contribution is 2.30. The molecular formula is C16H24N2O. The molecule has 2 aliphatic rings. The van der Waals surface area contributed by atoms with Gasteiger partial charge in [0, 0.05) is 31.9 Å². The molecule has 0 aromatic heterocycles. The quantitative estimate of drug-likeness (QED) is 0.829. The Hall–Kier alpha value is -1.06. The normalized spacial score (nSPS) is 26.2. The van der Waals surface area contributed by atoms with Crippen LogP contribution in [0.1, 0.15) is 24.5 Å². The molecule has 0 unspecified atom stereocenters. The third-order valence-corrected chi connectivity index (χ3v) is 4.58. The fourth-order valence-corrected chi connectivity index (χ4v) is 3.31.